The number of anilines is 1. The Morgan fingerprint density at radius 1 is 1.33 bits per heavy atom. The number of benzene rings is 1. The van der Waals surface area contributed by atoms with Gasteiger partial charge in [0, 0.05) is 6.54 Å². The average molecular weight is 250 g/mol. The first-order valence-corrected chi connectivity index (χ1v) is 6.39. The van der Waals surface area contributed by atoms with E-state index in [0.29, 0.717) is 6.54 Å². The summed E-state index contributed by atoms with van der Waals surface area (Å²) < 4.78 is 5.66. The van der Waals surface area contributed by atoms with Gasteiger partial charge >= 0.3 is 0 Å². The van der Waals surface area contributed by atoms with E-state index in [1.165, 1.54) is 0 Å². The summed E-state index contributed by atoms with van der Waals surface area (Å²) in [6.45, 7) is 6.96. The van der Waals surface area contributed by atoms with Gasteiger partial charge in [-0.25, -0.2) is 0 Å². The van der Waals surface area contributed by atoms with Crippen LogP contribution in [0.2, 0.25) is 0 Å². The molecule has 1 amide bonds. The summed E-state index contributed by atoms with van der Waals surface area (Å²) >= 11 is 0. The summed E-state index contributed by atoms with van der Waals surface area (Å²) in [6, 6.07) is 7.64. The van der Waals surface area contributed by atoms with E-state index in [0.717, 1.165) is 17.9 Å². The molecule has 0 spiro atoms. The van der Waals surface area contributed by atoms with E-state index in [2.05, 4.69) is 10.6 Å². The first-order valence-electron chi connectivity index (χ1n) is 6.39. The lowest BCUT2D eigenvalue weighted by Crippen LogP contribution is -2.30. The van der Waals surface area contributed by atoms with Crippen molar-refractivity contribution < 1.29 is 9.53 Å². The lowest BCUT2D eigenvalue weighted by atomic mass is 10.3. The number of para-hydroxylation sites is 2. The molecule has 18 heavy (non-hydrogen) atoms. The van der Waals surface area contributed by atoms with E-state index >= 15 is 0 Å². The van der Waals surface area contributed by atoms with Crippen molar-refractivity contribution in [2.24, 2.45) is 0 Å². The highest BCUT2D eigenvalue weighted by molar-refractivity contribution is 5.81. The summed E-state index contributed by atoms with van der Waals surface area (Å²) in [6.07, 6.45) is 1.06. The van der Waals surface area contributed by atoms with Gasteiger partial charge in [-0.2, -0.15) is 0 Å². The Labute approximate surface area is 109 Å². The molecule has 1 aromatic rings. The molecule has 0 aliphatic heterocycles. The second-order valence-electron chi connectivity index (χ2n) is 4.37. The van der Waals surface area contributed by atoms with Gasteiger partial charge in [-0.15, -0.1) is 0 Å². The SMILES string of the molecule is CCCNC(=O)CNc1ccccc1OC(C)C. The topological polar surface area (TPSA) is 50.4 Å². The number of hydrogen-bond donors (Lipinski definition) is 2. The molecule has 0 atom stereocenters. The molecule has 100 valence electrons. The second-order valence-corrected chi connectivity index (χ2v) is 4.37. The molecular weight excluding hydrogens is 228 g/mol. The Morgan fingerprint density at radius 3 is 2.72 bits per heavy atom. The Hall–Kier alpha value is -1.71. The summed E-state index contributed by atoms with van der Waals surface area (Å²) in [5, 5.41) is 5.91. The van der Waals surface area contributed by atoms with Gasteiger partial charge in [0.25, 0.3) is 0 Å². The number of nitrogens with one attached hydrogen (secondary N) is 2. The summed E-state index contributed by atoms with van der Waals surface area (Å²) in [5.41, 5.74) is 0.845. The predicted octanol–water partition coefficient (Wildman–Crippen LogP) is 2.41. The minimum Gasteiger partial charge on any atom is -0.489 e. The van der Waals surface area contributed by atoms with E-state index in [4.69, 9.17) is 4.74 Å². The van der Waals surface area contributed by atoms with E-state index in [1.807, 2.05) is 45.0 Å². The number of carbonyl (C=O) groups excluding carboxylic acids is 1. The van der Waals surface area contributed by atoms with Crippen molar-refractivity contribution in [3.05, 3.63) is 24.3 Å². The van der Waals surface area contributed by atoms with E-state index in [1.54, 1.807) is 0 Å². The Balaban J connectivity index is 2.53. The van der Waals surface area contributed by atoms with Gasteiger partial charge in [0.1, 0.15) is 5.75 Å². The van der Waals surface area contributed by atoms with Crippen LogP contribution in [0.3, 0.4) is 0 Å². The second kappa shape index (κ2) is 7.58. The summed E-state index contributed by atoms with van der Waals surface area (Å²) in [4.78, 5) is 11.5. The van der Waals surface area contributed by atoms with Gasteiger partial charge in [0.2, 0.25) is 5.91 Å². The third-order valence-electron chi connectivity index (χ3n) is 2.26. The van der Waals surface area contributed by atoms with Crippen LogP contribution in [0.1, 0.15) is 27.2 Å². The van der Waals surface area contributed by atoms with Crippen molar-refractivity contribution in [3.8, 4) is 5.75 Å². The van der Waals surface area contributed by atoms with Crippen molar-refractivity contribution in [1.82, 2.24) is 5.32 Å². The third-order valence-corrected chi connectivity index (χ3v) is 2.26. The van der Waals surface area contributed by atoms with Gasteiger partial charge in [0.05, 0.1) is 18.3 Å². The largest absolute Gasteiger partial charge is 0.489 e. The predicted molar refractivity (Wildman–Crippen MR) is 74.0 cm³/mol. The Kier molecular flexibility index (Phi) is 6.05. The number of carbonyl (C=O) groups is 1. The smallest absolute Gasteiger partial charge is 0.239 e. The van der Waals surface area contributed by atoms with Crippen LogP contribution in [0.15, 0.2) is 24.3 Å². The van der Waals surface area contributed by atoms with Crippen LogP contribution < -0.4 is 15.4 Å². The van der Waals surface area contributed by atoms with Crippen LogP contribution in [-0.4, -0.2) is 25.1 Å². The molecule has 0 aliphatic rings. The number of amides is 1. The third kappa shape index (κ3) is 5.08. The number of ether oxygens (including phenoxy) is 1. The standard InChI is InChI=1S/C14H22N2O2/c1-4-9-15-14(17)10-16-12-7-5-6-8-13(12)18-11(2)3/h5-8,11,16H,4,9-10H2,1-3H3,(H,15,17). The highest BCUT2D eigenvalue weighted by atomic mass is 16.5. The minimum atomic E-state index is -0.00352. The quantitative estimate of drug-likeness (QED) is 0.781. The highest BCUT2D eigenvalue weighted by Crippen LogP contribution is 2.24. The van der Waals surface area contributed by atoms with Crippen LogP contribution in [0.4, 0.5) is 5.69 Å². The first-order chi connectivity index (χ1) is 8.63. The minimum absolute atomic E-state index is 0.00352. The zero-order valence-electron chi connectivity index (χ0n) is 11.3. The normalized spacial score (nSPS) is 10.2. The highest BCUT2D eigenvalue weighted by Gasteiger charge is 2.06. The Morgan fingerprint density at radius 2 is 2.06 bits per heavy atom. The molecule has 0 saturated carbocycles. The molecule has 0 radical (unpaired) electrons. The monoisotopic (exact) mass is 250 g/mol. The molecule has 2 N–H and O–H groups in total. The first kappa shape index (κ1) is 14.4. The van der Waals surface area contributed by atoms with Gasteiger partial charge in [-0.05, 0) is 32.4 Å². The maximum atomic E-state index is 11.5. The lowest BCUT2D eigenvalue weighted by Gasteiger charge is -2.15. The van der Waals surface area contributed by atoms with E-state index in [9.17, 15) is 4.79 Å². The van der Waals surface area contributed by atoms with E-state index in [-0.39, 0.29) is 18.6 Å². The molecule has 0 fully saturated rings. The maximum Gasteiger partial charge on any atom is 0.239 e. The van der Waals surface area contributed by atoms with Gasteiger partial charge < -0.3 is 15.4 Å². The molecule has 0 saturated heterocycles. The van der Waals surface area contributed by atoms with Crippen LogP contribution in [0, 0.1) is 0 Å². The lowest BCUT2D eigenvalue weighted by molar-refractivity contribution is -0.119. The van der Waals surface area contributed by atoms with Crippen LogP contribution >= 0.6 is 0 Å². The fourth-order valence-electron chi connectivity index (χ4n) is 1.47. The van der Waals surface area contributed by atoms with Crippen LogP contribution in [0.25, 0.3) is 0 Å². The zero-order chi connectivity index (χ0) is 13.4. The maximum absolute atomic E-state index is 11.5. The molecule has 0 aliphatic carbocycles. The summed E-state index contributed by atoms with van der Waals surface area (Å²) in [5.74, 6) is 0.770. The van der Waals surface area contributed by atoms with Crippen molar-refractivity contribution in [2.45, 2.75) is 33.3 Å². The molecule has 4 nitrogen and oxygen atoms in total. The van der Waals surface area contributed by atoms with Gasteiger partial charge in [0.15, 0.2) is 0 Å². The average Bonchev–Trinajstić information content (AvgIpc) is 2.34. The molecule has 4 heteroatoms. The van der Waals surface area contributed by atoms with Crippen molar-refractivity contribution in [1.29, 1.82) is 0 Å². The number of rotatable bonds is 7. The van der Waals surface area contributed by atoms with E-state index < -0.39 is 0 Å². The molecule has 0 heterocycles. The molecule has 0 bridgehead atoms. The molecule has 0 unspecified atom stereocenters. The molecule has 1 rings (SSSR count). The van der Waals surface area contributed by atoms with Gasteiger partial charge in [-0.3, -0.25) is 4.79 Å². The Bertz CT molecular complexity index is 378. The molecule has 0 aromatic heterocycles. The van der Waals surface area contributed by atoms with Crippen LogP contribution in [-0.2, 0) is 4.79 Å². The van der Waals surface area contributed by atoms with Crippen molar-refractivity contribution in [2.75, 3.05) is 18.4 Å². The zero-order valence-corrected chi connectivity index (χ0v) is 11.3. The fourth-order valence-corrected chi connectivity index (χ4v) is 1.47. The van der Waals surface area contributed by atoms with Gasteiger partial charge in [-0.1, -0.05) is 19.1 Å². The van der Waals surface area contributed by atoms with Crippen molar-refractivity contribution in [3.63, 3.8) is 0 Å². The number of hydrogen-bond acceptors (Lipinski definition) is 3. The molecule has 1 aromatic carbocycles. The molecular formula is C14H22N2O2. The summed E-state index contributed by atoms with van der Waals surface area (Å²) in [7, 11) is 0. The van der Waals surface area contributed by atoms with Crippen LogP contribution in [0.5, 0.6) is 5.75 Å². The van der Waals surface area contributed by atoms with Crippen molar-refractivity contribution >= 4 is 11.6 Å². The fraction of sp³-hybridized carbons (Fsp3) is 0.500.